The summed E-state index contributed by atoms with van der Waals surface area (Å²) in [5, 5.41) is 12.9. The molecule has 1 fully saturated rings. The molecule has 2 aromatic rings. The Morgan fingerprint density at radius 2 is 1.87 bits per heavy atom. The van der Waals surface area contributed by atoms with E-state index < -0.39 is 29.9 Å². The van der Waals surface area contributed by atoms with Gasteiger partial charge in [0.1, 0.15) is 12.4 Å². The number of alkyl halides is 3. The van der Waals surface area contributed by atoms with E-state index in [0.29, 0.717) is 38.1 Å². The van der Waals surface area contributed by atoms with Gasteiger partial charge in [-0.15, -0.1) is 0 Å². The van der Waals surface area contributed by atoms with Gasteiger partial charge in [0, 0.05) is 13.1 Å². The molecule has 31 heavy (non-hydrogen) atoms. The number of benzene rings is 2. The van der Waals surface area contributed by atoms with E-state index in [0.717, 1.165) is 17.9 Å². The number of amides is 1. The first-order valence-electron chi connectivity index (χ1n) is 10.3. The molecule has 0 aliphatic carbocycles. The summed E-state index contributed by atoms with van der Waals surface area (Å²) in [5.74, 6) is 0.488. The lowest BCUT2D eigenvalue weighted by Gasteiger charge is -2.37. The molecule has 5 nitrogen and oxygen atoms in total. The predicted octanol–water partition coefficient (Wildman–Crippen LogP) is 3.79. The van der Waals surface area contributed by atoms with Crippen molar-refractivity contribution in [3.63, 3.8) is 0 Å². The Kier molecular flexibility index (Phi) is 7.56. The average molecular weight is 436 g/mol. The topological polar surface area (TPSA) is 61.8 Å². The number of carbonyl (C=O) groups excluding carboxylic acids is 1. The number of rotatable bonds is 7. The molecule has 0 saturated carbocycles. The molecule has 1 saturated heterocycles. The number of carbonyl (C=O) groups is 1. The number of piperidine rings is 1. The van der Waals surface area contributed by atoms with Crippen LogP contribution in [0.5, 0.6) is 5.75 Å². The van der Waals surface area contributed by atoms with Crippen LogP contribution in [0.4, 0.5) is 13.2 Å². The number of nitrogens with zero attached hydrogens (tertiary/aromatic N) is 1. The van der Waals surface area contributed by atoms with Crippen molar-refractivity contribution in [2.45, 2.75) is 44.1 Å². The molecule has 2 N–H and O–H groups in total. The summed E-state index contributed by atoms with van der Waals surface area (Å²) in [7, 11) is 0. The van der Waals surface area contributed by atoms with Crippen molar-refractivity contribution in [2.75, 3.05) is 19.7 Å². The van der Waals surface area contributed by atoms with Crippen LogP contribution >= 0.6 is 0 Å². The molecule has 0 unspecified atom stereocenters. The zero-order valence-electron chi connectivity index (χ0n) is 17.3. The van der Waals surface area contributed by atoms with Gasteiger partial charge in [-0.2, -0.15) is 13.2 Å². The summed E-state index contributed by atoms with van der Waals surface area (Å²) in [6.45, 7) is 3.21. The number of likely N-dealkylation sites (tertiary alicyclic amines) is 1. The van der Waals surface area contributed by atoms with E-state index in [1.165, 1.54) is 12.1 Å². The van der Waals surface area contributed by atoms with Gasteiger partial charge in [0.25, 0.3) is 0 Å². The van der Waals surface area contributed by atoms with Gasteiger partial charge < -0.3 is 15.2 Å². The minimum Gasteiger partial charge on any atom is -0.492 e. The monoisotopic (exact) mass is 436 g/mol. The van der Waals surface area contributed by atoms with E-state index in [-0.39, 0.29) is 5.91 Å². The minimum atomic E-state index is -4.40. The van der Waals surface area contributed by atoms with Crippen LogP contribution in [0.3, 0.4) is 0 Å². The molecular formula is C23H27F3N2O3. The van der Waals surface area contributed by atoms with Crippen LogP contribution in [0.25, 0.3) is 0 Å². The van der Waals surface area contributed by atoms with Crippen LogP contribution in [0, 0.1) is 0 Å². The highest BCUT2D eigenvalue weighted by atomic mass is 19.4. The minimum absolute atomic E-state index is 0.258. The van der Waals surface area contributed by atoms with E-state index in [9.17, 15) is 23.1 Å². The molecule has 1 aliphatic rings. The largest absolute Gasteiger partial charge is 0.492 e. The fourth-order valence-electron chi connectivity index (χ4n) is 3.69. The lowest BCUT2D eigenvalue weighted by atomic mass is 9.98. The highest BCUT2D eigenvalue weighted by molar-refractivity contribution is 5.82. The van der Waals surface area contributed by atoms with Crippen molar-refractivity contribution in [3.8, 4) is 5.75 Å². The van der Waals surface area contributed by atoms with Crippen LogP contribution in [-0.4, -0.2) is 47.8 Å². The molecule has 0 bridgehead atoms. The maximum Gasteiger partial charge on any atom is 0.416 e. The fraction of sp³-hybridized carbons (Fsp3) is 0.435. The molecule has 3 rings (SSSR count). The molecule has 168 valence electrons. The number of hydrogen-bond donors (Lipinski definition) is 2. The van der Waals surface area contributed by atoms with Crippen LogP contribution in [0.1, 0.15) is 36.9 Å². The lowest BCUT2D eigenvalue weighted by Crippen LogP contribution is -2.53. The molecule has 0 radical (unpaired) electrons. The van der Waals surface area contributed by atoms with Gasteiger partial charge in [-0.05, 0) is 49.6 Å². The maximum atomic E-state index is 12.9. The summed E-state index contributed by atoms with van der Waals surface area (Å²) in [4.78, 5) is 14.9. The molecule has 1 heterocycles. The highest BCUT2D eigenvalue weighted by Crippen LogP contribution is 2.30. The number of para-hydroxylation sites is 1. The zero-order valence-corrected chi connectivity index (χ0v) is 17.3. The number of hydrogen-bond acceptors (Lipinski definition) is 4. The zero-order chi connectivity index (χ0) is 22.4. The van der Waals surface area contributed by atoms with Crippen molar-refractivity contribution in [2.24, 2.45) is 0 Å². The second kappa shape index (κ2) is 10.2. The Morgan fingerprint density at radius 3 is 2.52 bits per heavy atom. The summed E-state index contributed by atoms with van der Waals surface area (Å²) in [5.41, 5.74) is -0.147. The Hall–Kier alpha value is -2.58. The van der Waals surface area contributed by atoms with Gasteiger partial charge in [-0.3, -0.25) is 9.69 Å². The molecule has 0 spiro atoms. The van der Waals surface area contributed by atoms with Crippen molar-refractivity contribution < 1.29 is 27.8 Å². The summed E-state index contributed by atoms with van der Waals surface area (Å²) < 4.78 is 44.0. The number of ether oxygens (including phenoxy) is 1. The fourth-order valence-corrected chi connectivity index (χ4v) is 3.69. The number of aliphatic hydroxyl groups is 1. The second-order valence-electron chi connectivity index (χ2n) is 7.74. The standard InChI is InChI=1S/C23H27F3N2O3/c1-16(17-7-9-18(10-8-17)23(24,25)26)27-22(30)21-15-19(29)11-12-28(21)13-14-31-20-5-3-2-4-6-20/h2-10,16,19,21,29H,11-15H2,1H3,(H,27,30)/t16-,19-,21+/m0/s1. The first-order valence-corrected chi connectivity index (χ1v) is 10.3. The molecule has 0 aromatic heterocycles. The number of aliphatic hydroxyl groups excluding tert-OH is 1. The Bertz CT molecular complexity index is 843. The Labute approximate surface area is 179 Å². The SMILES string of the molecule is C[C@H](NC(=O)[C@H]1C[C@@H](O)CCN1CCOc1ccccc1)c1ccc(C(F)(F)F)cc1. The third-order valence-electron chi connectivity index (χ3n) is 5.48. The Balaban J connectivity index is 1.58. The van der Waals surface area contributed by atoms with Crippen molar-refractivity contribution in [1.29, 1.82) is 0 Å². The van der Waals surface area contributed by atoms with E-state index in [1.807, 2.05) is 35.2 Å². The highest BCUT2D eigenvalue weighted by Gasteiger charge is 2.33. The van der Waals surface area contributed by atoms with Crippen LogP contribution in [-0.2, 0) is 11.0 Å². The maximum absolute atomic E-state index is 12.9. The van der Waals surface area contributed by atoms with Crippen molar-refractivity contribution >= 4 is 5.91 Å². The molecule has 2 aromatic carbocycles. The van der Waals surface area contributed by atoms with Gasteiger partial charge in [0.15, 0.2) is 0 Å². The number of nitrogens with one attached hydrogen (secondary N) is 1. The smallest absolute Gasteiger partial charge is 0.416 e. The molecular weight excluding hydrogens is 409 g/mol. The van der Waals surface area contributed by atoms with Gasteiger partial charge in [-0.1, -0.05) is 30.3 Å². The summed E-state index contributed by atoms with van der Waals surface area (Å²) >= 11 is 0. The molecule has 1 amide bonds. The van der Waals surface area contributed by atoms with Gasteiger partial charge in [-0.25, -0.2) is 0 Å². The quantitative estimate of drug-likeness (QED) is 0.694. The third-order valence-corrected chi connectivity index (χ3v) is 5.48. The van der Waals surface area contributed by atoms with Gasteiger partial charge in [0.2, 0.25) is 5.91 Å². The number of halogens is 3. The Morgan fingerprint density at radius 1 is 1.19 bits per heavy atom. The van der Waals surface area contributed by atoms with E-state index in [4.69, 9.17) is 4.74 Å². The summed E-state index contributed by atoms with van der Waals surface area (Å²) in [6, 6.07) is 13.1. The first-order chi connectivity index (χ1) is 14.7. The second-order valence-corrected chi connectivity index (χ2v) is 7.74. The normalized spacial score (nSPS) is 20.8. The van der Waals surface area contributed by atoms with E-state index >= 15 is 0 Å². The van der Waals surface area contributed by atoms with E-state index in [1.54, 1.807) is 6.92 Å². The van der Waals surface area contributed by atoms with E-state index in [2.05, 4.69) is 5.32 Å². The van der Waals surface area contributed by atoms with Crippen LogP contribution in [0.2, 0.25) is 0 Å². The molecule has 1 aliphatic heterocycles. The lowest BCUT2D eigenvalue weighted by molar-refractivity contribution is -0.137. The summed E-state index contributed by atoms with van der Waals surface area (Å²) in [6.07, 6.45) is -4.09. The van der Waals surface area contributed by atoms with Gasteiger partial charge in [0.05, 0.1) is 23.8 Å². The third kappa shape index (κ3) is 6.45. The van der Waals surface area contributed by atoms with Crippen molar-refractivity contribution in [3.05, 3.63) is 65.7 Å². The predicted molar refractivity (Wildman–Crippen MR) is 111 cm³/mol. The first kappa shape index (κ1) is 23.1. The average Bonchev–Trinajstić information content (AvgIpc) is 2.75. The molecule has 8 heteroatoms. The van der Waals surface area contributed by atoms with Crippen LogP contribution < -0.4 is 10.1 Å². The van der Waals surface area contributed by atoms with Crippen molar-refractivity contribution in [1.82, 2.24) is 10.2 Å². The van der Waals surface area contributed by atoms with Gasteiger partial charge >= 0.3 is 6.18 Å². The molecule has 3 atom stereocenters. The van der Waals surface area contributed by atoms with Crippen LogP contribution in [0.15, 0.2) is 54.6 Å².